The van der Waals surface area contributed by atoms with Crippen LogP contribution in [0.2, 0.25) is 0 Å². The summed E-state index contributed by atoms with van der Waals surface area (Å²) in [6.45, 7) is 2.44. The highest BCUT2D eigenvalue weighted by Crippen LogP contribution is 2.14. The molecule has 0 atom stereocenters. The minimum absolute atomic E-state index is 0.231. The van der Waals surface area contributed by atoms with Gasteiger partial charge in [-0.1, -0.05) is 0 Å². The van der Waals surface area contributed by atoms with Crippen molar-refractivity contribution < 1.29 is 9.53 Å². The third-order valence-electron chi connectivity index (χ3n) is 2.55. The van der Waals surface area contributed by atoms with Crippen LogP contribution >= 0.6 is 0 Å². The molecule has 0 spiro atoms. The van der Waals surface area contributed by atoms with Gasteiger partial charge in [0.1, 0.15) is 5.69 Å². The molecule has 2 heterocycles. The van der Waals surface area contributed by atoms with Gasteiger partial charge in [0.2, 0.25) is 5.88 Å². The third-order valence-corrected chi connectivity index (χ3v) is 2.55. The van der Waals surface area contributed by atoms with Gasteiger partial charge >= 0.3 is 0 Å². The number of carbonyl (C=O) groups excluding carboxylic acids is 1. The molecule has 0 aromatic carbocycles. The van der Waals surface area contributed by atoms with E-state index in [0.29, 0.717) is 29.6 Å². The number of nitrogens with zero attached hydrogens (tertiary/aromatic N) is 2. The lowest BCUT2D eigenvalue weighted by molar-refractivity contribution is 0.101. The highest BCUT2D eigenvalue weighted by molar-refractivity contribution is 6.03. The van der Waals surface area contributed by atoms with E-state index in [1.165, 1.54) is 0 Å². The second kappa shape index (κ2) is 5.43. The van der Waals surface area contributed by atoms with Crippen LogP contribution in [-0.2, 0) is 7.05 Å². The topological polar surface area (TPSA) is 82.2 Å². The van der Waals surface area contributed by atoms with Gasteiger partial charge in [-0.2, -0.15) is 0 Å². The Bertz CT molecular complexity index is 575. The second-order valence-electron chi connectivity index (χ2n) is 4.04. The number of hydrogen-bond acceptors (Lipinski definition) is 4. The molecule has 0 aliphatic heterocycles. The highest BCUT2D eigenvalue weighted by atomic mass is 16.5. The van der Waals surface area contributed by atoms with Gasteiger partial charge in [-0.15, -0.1) is 0 Å². The van der Waals surface area contributed by atoms with Crippen LogP contribution in [0.5, 0.6) is 5.88 Å². The van der Waals surface area contributed by atoms with E-state index in [-0.39, 0.29) is 5.91 Å². The molecule has 2 aromatic rings. The summed E-state index contributed by atoms with van der Waals surface area (Å²) in [7, 11) is 1.77. The largest absolute Gasteiger partial charge is 0.478 e. The molecule has 0 aliphatic carbocycles. The first-order valence-corrected chi connectivity index (χ1v) is 5.92. The summed E-state index contributed by atoms with van der Waals surface area (Å²) in [5.74, 6) is 0.300. The summed E-state index contributed by atoms with van der Waals surface area (Å²) < 4.78 is 6.90. The summed E-state index contributed by atoms with van der Waals surface area (Å²) >= 11 is 0. The van der Waals surface area contributed by atoms with Crippen LogP contribution in [0.15, 0.2) is 30.6 Å². The Labute approximate surface area is 111 Å². The molecule has 19 heavy (non-hydrogen) atoms. The lowest BCUT2D eigenvalue weighted by atomic mass is 10.3. The normalized spacial score (nSPS) is 10.2. The third kappa shape index (κ3) is 3.04. The van der Waals surface area contributed by atoms with Crippen LogP contribution in [0.3, 0.4) is 0 Å². The molecule has 3 N–H and O–H groups in total. The first-order chi connectivity index (χ1) is 9.10. The molecule has 0 saturated heterocycles. The minimum atomic E-state index is -0.231. The number of hydrogen-bond donors (Lipinski definition) is 2. The number of aromatic nitrogens is 2. The van der Waals surface area contributed by atoms with Gasteiger partial charge in [0.05, 0.1) is 24.2 Å². The number of anilines is 2. The number of pyridine rings is 1. The van der Waals surface area contributed by atoms with E-state index in [1.807, 2.05) is 6.92 Å². The lowest BCUT2D eigenvalue weighted by Crippen LogP contribution is -2.15. The molecule has 0 unspecified atom stereocenters. The summed E-state index contributed by atoms with van der Waals surface area (Å²) in [6.07, 6.45) is 3.24. The van der Waals surface area contributed by atoms with Crippen molar-refractivity contribution in [2.75, 3.05) is 17.7 Å². The van der Waals surface area contributed by atoms with Gasteiger partial charge in [0.25, 0.3) is 5.91 Å². The molecular weight excluding hydrogens is 244 g/mol. The zero-order valence-electron chi connectivity index (χ0n) is 10.9. The number of carbonyl (C=O) groups is 1. The monoisotopic (exact) mass is 260 g/mol. The van der Waals surface area contributed by atoms with Crippen LogP contribution in [0, 0.1) is 0 Å². The Morgan fingerprint density at radius 3 is 2.84 bits per heavy atom. The van der Waals surface area contributed by atoms with E-state index in [2.05, 4.69) is 10.3 Å². The van der Waals surface area contributed by atoms with Gasteiger partial charge < -0.3 is 20.4 Å². The van der Waals surface area contributed by atoms with Crippen molar-refractivity contribution in [2.45, 2.75) is 6.92 Å². The zero-order valence-corrected chi connectivity index (χ0v) is 10.9. The molecule has 2 aromatic heterocycles. The molecule has 0 fully saturated rings. The maximum Gasteiger partial charge on any atom is 0.272 e. The molecule has 0 bridgehead atoms. The Kier molecular flexibility index (Phi) is 3.70. The fourth-order valence-electron chi connectivity index (χ4n) is 1.70. The summed E-state index contributed by atoms with van der Waals surface area (Å²) in [4.78, 5) is 16.1. The quantitative estimate of drug-likeness (QED) is 0.875. The highest BCUT2D eigenvalue weighted by Gasteiger charge is 2.11. The van der Waals surface area contributed by atoms with Gasteiger partial charge in [0.15, 0.2) is 0 Å². The fourth-order valence-corrected chi connectivity index (χ4v) is 1.70. The first-order valence-electron chi connectivity index (χ1n) is 5.92. The van der Waals surface area contributed by atoms with Crippen LogP contribution in [-0.4, -0.2) is 22.1 Å². The van der Waals surface area contributed by atoms with E-state index in [9.17, 15) is 4.79 Å². The van der Waals surface area contributed by atoms with Crippen LogP contribution in [0.1, 0.15) is 17.4 Å². The summed E-state index contributed by atoms with van der Waals surface area (Å²) in [6, 6.07) is 5.07. The first kappa shape index (κ1) is 12.9. The number of nitrogens with one attached hydrogen (secondary N) is 1. The van der Waals surface area contributed by atoms with Crippen molar-refractivity contribution >= 4 is 17.3 Å². The average molecular weight is 260 g/mol. The van der Waals surface area contributed by atoms with Gasteiger partial charge in [-0.05, 0) is 19.1 Å². The molecule has 100 valence electrons. The van der Waals surface area contributed by atoms with E-state index >= 15 is 0 Å². The molecule has 0 radical (unpaired) electrons. The Morgan fingerprint density at radius 1 is 1.53 bits per heavy atom. The molecular formula is C13H16N4O2. The maximum absolute atomic E-state index is 12.0. The van der Waals surface area contributed by atoms with Crippen molar-refractivity contribution in [2.24, 2.45) is 7.05 Å². The average Bonchev–Trinajstić information content (AvgIpc) is 2.71. The standard InChI is InChI=1S/C13H16N4O2/c1-3-19-12-5-4-10(7-15-12)16-13(18)11-6-9(14)8-17(11)2/h4-8H,3,14H2,1-2H3,(H,16,18). The van der Waals surface area contributed by atoms with Crippen molar-refractivity contribution in [1.82, 2.24) is 9.55 Å². The number of aryl methyl sites for hydroxylation is 1. The molecule has 0 saturated carbocycles. The van der Waals surface area contributed by atoms with Crippen molar-refractivity contribution in [3.05, 3.63) is 36.3 Å². The van der Waals surface area contributed by atoms with Gasteiger partial charge in [0, 0.05) is 19.3 Å². The SMILES string of the molecule is CCOc1ccc(NC(=O)c2cc(N)cn2C)cn1. The number of rotatable bonds is 4. The van der Waals surface area contributed by atoms with E-state index in [1.54, 1.807) is 42.2 Å². The Morgan fingerprint density at radius 2 is 2.32 bits per heavy atom. The van der Waals surface area contributed by atoms with E-state index in [0.717, 1.165) is 0 Å². The number of amides is 1. The van der Waals surface area contributed by atoms with Crippen LogP contribution in [0.25, 0.3) is 0 Å². The predicted molar refractivity (Wildman–Crippen MR) is 73.2 cm³/mol. The Hall–Kier alpha value is -2.50. The van der Waals surface area contributed by atoms with Crippen molar-refractivity contribution in [1.29, 1.82) is 0 Å². The lowest BCUT2D eigenvalue weighted by Gasteiger charge is -2.06. The fraction of sp³-hybridized carbons (Fsp3) is 0.231. The predicted octanol–water partition coefficient (Wildman–Crippen LogP) is 1.65. The number of ether oxygens (including phenoxy) is 1. The van der Waals surface area contributed by atoms with E-state index in [4.69, 9.17) is 10.5 Å². The maximum atomic E-state index is 12.0. The minimum Gasteiger partial charge on any atom is -0.478 e. The number of nitrogen functional groups attached to an aromatic ring is 1. The van der Waals surface area contributed by atoms with Crippen LogP contribution < -0.4 is 15.8 Å². The molecule has 6 nitrogen and oxygen atoms in total. The van der Waals surface area contributed by atoms with Crippen LogP contribution in [0.4, 0.5) is 11.4 Å². The molecule has 6 heteroatoms. The summed E-state index contributed by atoms with van der Waals surface area (Å²) in [5, 5.41) is 2.75. The second-order valence-corrected chi connectivity index (χ2v) is 4.04. The Balaban J connectivity index is 2.08. The van der Waals surface area contributed by atoms with Gasteiger partial charge in [-0.3, -0.25) is 4.79 Å². The molecule has 1 amide bonds. The summed E-state index contributed by atoms with van der Waals surface area (Å²) in [5.41, 5.74) is 7.28. The number of nitrogens with two attached hydrogens (primary N) is 1. The molecule has 0 aliphatic rings. The zero-order chi connectivity index (χ0) is 13.8. The van der Waals surface area contributed by atoms with Crippen molar-refractivity contribution in [3.8, 4) is 5.88 Å². The molecule has 2 rings (SSSR count). The van der Waals surface area contributed by atoms with Gasteiger partial charge in [-0.25, -0.2) is 4.98 Å². The van der Waals surface area contributed by atoms with Crippen molar-refractivity contribution in [3.63, 3.8) is 0 Å². The smallest absolute Gasteiger partial charge is 0.272 e. The van der Waals surface area contributed by atoms with E-state index < -0.39 is 0 Å².